The smallest absolute Gasteiger partial charge is 0.281 e. The molecule has 3 aromatic rings. The van der Waals surface area contributed by atoms with Crippen molar-refractivity contribution in [1.29, 1.82) is 0 Å². The van der Waals surface area contributed by atoms with E-state index in [1.165, 1.54) is 10.0 Å². The van der Waals surface area contributed by atoms with Crippen molar-refractivity contribution in [2.45, 2.75) is 0 Å². The van der Waals surface area contributed by atoms with E-state index in [4.69, 9.17) is 9.47 Å². The van der Waals surface area contributed by atoms with Gasteiger partial charge in [0.1, 0.15) is 11.5 Å². The van der Waals surface area contributed by atoms with Crippen LogP contribution in [0.1, 0.15) is 20.7 Å². The zero-order valence-electron chi connectivity index (χ0n) is 16.2. The van der Waals surface area contributed by atoms with E-state index < -0.39 is 0 Å². The number of carbonyl (C=O) groups excluding carboxylic acids is 2. The van der Waals surface area contributed by atoms with E-state index in [0.717, 1.165) is 0 Å². The van der Waals surface area contributed by atoms with E-state index in [1.807, 2.05) is 0 Å². The van der Waals surface area contributed by atoms with E-state index in [2.05, 4.69) is 10.2 Å². The Kier molecular flexibility index (Phi) is 3.99. The first-order chi connectivity index (χ1) is 14.6. The maximum Gasteiger partial charge on any atom is 0.281 e. The van der Waals surface area contributed by atoms with E-state index >= 15 is 0 Å². The maximum atomic E-state index is 12.9. The molecular formula is C22H16N4O4. The van der Waals surface area contributed by atoms with E-state index in [9.17, 15) is 9.59 Å². The van der Waals surface area contributed by atoms with Crippen molar-refractivity contribution in [3.63, 3.8) is 0 Å². The fourth-order valence-corrected chi connectivity index (χ4v) is 3.42. The highest BCUT2D eigenvalue weighted by Gasteiger charge is 2.31. The molecule has 0 unspecified atom stereocenters. The third kappa shape index (κ3) is 2.69. The first kappa shape index (κ1) is 17.9. The number of methoxy groups -OCH3 is 2. The van der Waals surface area contributed by atoms with Gasteiger partial charge in [-0.3, -0.25) is 9.59 Å². The number of carbonyl (C=O) groups is 2. The molecule has 0 fully saturated rings. The van der Waals surface area contributed by atoms with Crippen LogP contribution in [0, 0.1) is 0 Å². The third-order valence-electron chi connectivity index (χ3n) is 5.01. The summed E-state index contributed by atoms with van der Waals surface area (Å²) in [5.74, 6) is 0.821. The summed E-state index contributed by atoms with van der Waals surface area (Å²) in [7, 11) is 3.15. The Morgan fingerprint density at radius 3 is 1.33 bits per heavy atom. The average molecular weight is 400 g/mol. The van der Waals surface area contributed by atoms with Crippen LogP contribution < -0.4 is 30.2 Å². The van der Waals surface area contributed by atoms with Gasteiger partial charge < -0.3 is 9.47 Å². The lowest BCUT2D eigenvalue weighted by atomic mass is 10.1. The van der Waals surface area contributed by atoms with Crippen molar-refractivity contribution >= 4 is 23.2 Å². The van der Waals surface area contributed by atoms with Gasteiger partial charge in [0.25, 0.3) is 11.8 Å². The predicted octanol–water partition coefficient (Wildman–Crippen LogP) is 2.09. The molecule has 0 N–H and O–H groups in total. The molecule has 5 rings (SSSR count). The summed E-state index contributed by atoms with van der Waals surface area (Å²) < 4.78 is 10.3. The van der Waals surface area contributed by atoms with Gasteiger partial charge in [-0.25, -0.2) is 0 Å². The lowest BCUT2D eigenvalue weighted by Crippen LogP contribution is -2.24. The molecule has 2 amide bonds. The second-order valence-electron chi connectivity index (χ2n) is 6.72. The second-order valence-corrected chi connectivity index (χ2v) is 6.72. The van der Waals surface area contributed by atoms with Gasteiger partial charge in [0.05, 0.1) is 47.4 Å². The molecule has 148 valence electrons. The van der Waals surface area contributed by atoms with Gasteiger partial charge in [0, 0.05) is 0 Å². The number of fused-ring (bicyclic) bond motifs is 2. The quantitative estimate of drug-likeness (QED) is 0.671. The topological polar surface area (TPSA) is 83.8 Å². The molecule has 0 saturated carbocycles. The van der Waals surface area contributed by atoms with Crippen molar-refractivity contribution in [3.05, 3.63) is 82.5 Å². The molecule has 2 heterocycles. The van der Waals surface area contributed by atoms with E-state index in [-0.39, 0.29) is 11.8 Å². The number of ether oxygens (including phenoxy) is 2. The summed E-state index contributed by atoms with van der Waals surface area (Å²) in [6.07, 6.45) is 0. The van der Waals surface area contributed by atoms with Crippen LogP contribution in [-0.2, 0) is 0 Å². The largest absolute Gasteiger partial charge is 0.497 e. The van der Waals surface area contributed by atoms with E-state index in [0.29, 0.717) is 44.7 Å². The van der Waals surface area contributed by atoms with Crippen molar-refractivity contribution in [3.8, 4) is 11.5 Å². The SMILES string of the molecule is COc1ccc(N2N=c3cc4c(cc3C2=O)=NN(c2ccc(OC)cc2)C4=O)cc1. The number of amides is 2. The van der Waals surface area contributed by atoms with Crippen LogP contribution in [0.15, 0.2) is 70.9 Å². The Labute approximate surface area is 171 Å². The summed E-state index contributed by atoms with van der Waals surface area (Å²) >= 11 is 0. The molecule has 3 aromatic carbocycles. The zero-order chi connectivity index (χ0) is 20.8. The first-order valence-corrected chi connectivity index (χ1v) is 9.17. The van der Waals surface area contributed by atoms with Crippen molar-refractivity contribution < 1.29 is 19.1 Å². The highest BCUT2D eigenvalue weighted by atomic mass is 16.5. The number of hydrogen-bond donors (Lipinski definition) is 0. The van der Waals surface area contributed by atoms with E-state index in [1.54, 1.807) is 74.9 Å². The van der Waals surface area contributed by atoms with Crippen LogP contribution in [0.25, 0.3) is 0 Å². The molecule has 0 bridgehead atoms. The minimum atomic E-state index is -0.275. The Balaban J connectivity index is 1.51. The monoisotopic (exact) mass is 400 g/mol. The van der Waals surface area contributed by atoms with Gasteiger partial charge >= 0.3 is 0 Å². The van der Waals surface area contributed by atoms with Gasteiger partial charge in [0.15, 0.2) is 0 Å². The Hall–Kier alpha value is -4.20. The molecular weight excluding hydrogens is 384 g/mol. The summed E-state index contributed by atoms with van der Waals surface area (Å²) in [5.41, 5.74) is 2.02. The number of nitrogens with zero attached hydrogens (tertiary/aromatic N) is 4. The normalized spacial score (nSPS) is 14.2. The lowest BCUT2D eigenvalue weighted by molar-refractivity contribution is 0.0985. The van der Waals surface area contributed by atoms with Gasteiger partial charge in [-0.1, -0.05) is 0 Å². The van der Waals surface area contributed by atoms with Crippen molar-refractivity contribution in [2.24, 2.45) is 10.2 Å². The molecule has 2 aliphatic rings. The van der Waals surface area contributed by atoms with Gasteiger partial charge in [0.2, 0.25) is 0 Å². The second kappa shape index (κ2) is 6.70. The van der Waals surface area contributed by atoms with Crippen LogP contribution >= 0.6 is 0 Å². The van der Waals surface area contributed by atoms with Gasteiger partial charge in [-0.15, -0.1) is 0 Å². The van der Waals surface area contributed by atoms with Crippen molar-refractivity contribution in [1.82, 2.24) is 0 Å². The molecule has 0 spiro atoms. The van der Waals surface area contributed by atoms with Crippen LogP contribution in [0.3, 0.4) is 0 Å². The average Bonchev–Trinajstić information content (AvgIpc) is 3.29. The number of benzene rings is 3. The summed E-state index contributed by atoms with van der Waals surface area (Å²) in [6.45, 7) is 0. The molecule has 0 radical (unpaired) electrons. The fourth-order valence-electron chi connectivity index (χ4n) is 3.42. The third-order valence-corrected chi connectivity index (χ3v) is 5.01. The van der Waals surface area contributed by atoms with Crippen LogP contribution in [0.2, 0.25) is 0 Å². The fraction of sp³-hybridized carbons (Fsp3) is 0.0909. The molecule has 8 nitrogen and oxygen atoms in total. The number of anilines is 2. The molecule has 0 aliphatic carbocycles. The van der Waals surface area contributed by atoms with Crippen LogP contribution in [-0.4, -0.2) is 26.0 Å². The van der Waals surface area contributed by atoms with Gasteiger partial charge in [-0.2, -0.15) is 20.2 Å². The molecule has 8 heteroatoms. The summed E-state index contributed by atoms with van der Waals surface area (Å²) in [6, 6.07) is 17.3. The Morgan fingerprint density at radius 1 is 0.633 bits per heavy atom. The van der Waals surface area contributed by atoms with Crippen LogP contribution in [0.5, 0.6) is 11.5 Å². The standard InChI is InChI=1S/C22H16N4O4/c1-29-15-7-3-13(4-8-15)25-21(27)17-11-20-18(12-19(17)23-25)22(28)26(24-20)14-5-9-16(30-2)10-6-14/h3-12H,1-2H3. The maximum absolute atomic E-state index is 12.9. The number of hydrogen-bond acceptors (Lipinski definition) is 6. The molecule has 0 atom stereocenters. The predicted molar refractivity (Wildman–Crippen MR) is 108 cm³/mol. The lowest BCUT2D eigenvalue weighted by Gasteiger charge is -2.12. The minimum absolute atomic E-state index is 0.275. The Morgan fingerprint density at radius 2 is 1.00 bits per heavy atom. The number of rotatable bonds is 4. The summed E-state index contributed by atoms with van der Waals surface area (Å²) in [5, 5.41) is 12.3. The summed E-state index contributed by atoms with van der Waals surface area (Å²) in [4.78, 5) is 25.8. The molecule has 0 saturated heterocycles. The zero-order valence-corrected chi connectivity index (χ0v) is 16.2. The minimum Gasteiger partial charge on any atom is -0.497 e. The highest BCUT2D eigenvalue weighted by molar-refractivity contribution is 6.10. The molecule has 2 aliphatic heterocycles. The van der Waals surface area contributed by atoms with Gasteiger partial charge in [-0.05, 0) is 60.7 Å². The molecule has 0 aromatic heterocycles. The highest BCUT2D eigenvalue weighted by Crippen LogP contribution is 2.25. The first-order valence-electron chi connectivity index (χ1n) is 9.17. The van der Waals surface area contributed by atoms with Crippen molar-refractivity contribution in [2.75, 3.05) is 24.2 Å². The molecule has 30 heavy (non-hydrogen) atoms. The Bertz CT molecular complexity index is 1200. The van der Waals surface area contributed by atoms with Crippen LogP contribution in [0.4, 0.5) is 11.4 Å².